The fourth-order valence-corrected chi connectivity index (χ4v) is 7.89. The number of benzene rings is 1. The number of hydrogen-bond donors (Lipinski definition) is 2. The summed E-state index contributed by atoms with van der Waals surface area (Å²) in [4.78, 5) is 89.2. The van der Waals surface area contributed by atoms with Crippen LogP contribution < -0.4 is 15.4 Å². The number of piperazine rings is 1. The third-order valence-electron chi connectivity index (χ3n) is 11.6. The Morgan fingerprint density at radius 2 is 1.63 bits per heavy atom. The number of hydrogen-bond acceptors (Lipinski definition) is 10. The minimum atomic E-state index is -1.08. The van der Waals surface area contributed by atoms with Gasteiger partial charge in [0.05, 0.1) is 18.7 Å². The van der Waals surface area contributed by atoms with Crippen LogP contribution in [0.2, 0.25) is 0 Å². The number of pyridine rings is 1. The number of aryl methyl sites for hydroxylation is 1. The maximum atomic E-state index is 14.0. The second kappa shape index (κ2) is 20.0. The van der Waals surface area contributed by atoms with Crippen LogP contribution in [0.5, 0.6) is 5.75 Å². The van der Waals surface area contributed by atoms with Gasteiger partial charge in [0.1, 0.15) is 23.5 Å². The maximum absolute atomic E-state index is 14.0. The molecule has 57 heavy (non-hydrogen) atoms. The number of unbranched alkanes of at least 4 members (excludes halogenated alkanes) is 1. The Balaban J connectivity index is 1.14. The average Bonchev–Trinajstić information content (AvgIpc) is 3.92. The van der Waals surface area contributed by atoms with Gasteiger partial charge in [0.15, 0.2) is 6.61 Å². The van der Waals surface area contributed by atoms with Crippen molar-refractivity contribution in [3.63, 3.8) is 0 Å². The Kier molecular flexibility index (Phi) is 14.6. The van der Waals surface area contributed by atoms with Gasteiger partial charge in [-0.3, -0.25) is 24.0 Å². The first-order valence-electron chi connectivity index (χ1n) is 20.9. The van der Waals surface area contributed by atoms with E-state index in [4.69, 9.17) is 14.2 Å². The SMILES string of the molecule is CCCCOC(=O)N1CCN(C(=O)C(CCC(=O)OCC2CCCC2)NC(=O)c2cc(OCC(=O)N3CCCC3C(=O)NC3CCC3)c3ccc(C)cc3n2)CC1. The van der Waals surface area contributed by atoms with Crippen LogP contribution in [0.25, 0.3) is 10.9 Å². The van der Waals surface area contributed by atoms with Gasteiger partial charge in [0.25, 0.3) is 11.8 Å². The van der Waals surface area contributed by atoms with Crippen LogP contribution in [-0.2, 0) is 28.7 Å². The van der Waals surface area contributed by atoms with E-state index in [9.17, 15) is 28.8 Å². The molecule has 6 rings (SSSR count). The van der Waals surface area contributed by atoms with Crippen LogP contribution in [0.3, 0.4) is 0 Å². The first-order valence-corrected chi connectivity index (χ1v) is 20.9. The lowest BCUT2D eigenvalue weighted by molar-refractivity contribution is -0.145. The molecule has 1 aromatic heterocycles. The topological polar surface area (TPSA) is 177 Å². The Bertz CT molecular complexity index is 1770. The largest absolute Gasteiger partial charge is 0.483 e. The number of nitrogens with zero attached hydrogens (tertiary/aromatic N) is 4. The highest BCUT2D eigenvalue weighted by molar-refractivity contribution is 5.99. The Morgan fingerprint density at radius 3 is 2.35 bits per heavy atom. The molecule has 2 aliphatic heterocycles. The number of fused-ring (bicyclic) bond motifs is 1. The molecule has 4 fully saturated rings. The Hall–Kier alpha value is -4.95. The van der Waals surface area contributed by atoms with E-state index in [1.54, 1.807) is 20.8 Å². The maximum Gasteiger partial charge on any atom is 0.409 e. The second-order valence-corrected chi connectivity index (χ2v) is 15.9. The van der Waals surface area contributed by atoms with Crippen molar-refractivity contribution < 1.29 is 43.0 Å². The number of esters is 1. The van der Waals surface area contributed by atoms with Gasteiger partial charge >= 0.3 is 12.1 Å². The third-order valence-corrected chi connectivity index (χ3v) is 11.6. The van der Waals surface area contributed by atoms with Crippen molar-refractivity contribution in [1.29, 1.82) is 0 Å². The highest BCUT2D eigenvalue weighted by atomic mass is 16.6. The predicted octanol–water partition coefficient (Wildman–Crippen LogP) is 4.27. The van der Waals surface area contributed by atoms with Gasteiger partial charge in [0.2, 0.25) is 11.8 Å². The number of amides is 5. The summed E-state index contributed by atoms with van der Waals surface area (Å²) in [5.41, 5.74) is 1.32. The minimum absolute atomic E-state index is 0.00320. The molecule has 2 aliphatic carbocycles. The molecular formula is C42H58N6O9. The van der Waals surface area contributed by atoms with Crippen LogP contribution in [-0.4, -0.2) is 126 Å². The molecule has 2 saturated carbocycles. The van der Waals surface area contributed by atoms with Gasteiger partial charge in [-0.05, 0) is 88.3 Å². The van der Waals surface area contributed by atoms with Crippen molar-refractivity contribution in [2.45, 2.75) is 115 Å². The van der Waals surface area contributed by atoms with E-state index < -0.39 is 30.1 Å². The minimum Gasteiger partial charge on any atom is -0.483 e. The zero-order valence-corrected chi connectivity index (χ0v) is 33.4. The van der Waals surface area contributed by atoms with Crippen molar-refractivity contribution in [2.75, 3.05) is 52.5 Å². The highest BCUT2D eigenvalue weighted by Crippen LogP contribution is 2.28. The molecule has 2 unspecified atom stereocenters. The standard InChI is InChI=1S/C42H58N6O9/c1-3-4-23-55-42(54)47-21-19-46(20-22-47)41(53)32(16-17-38(50)57-26-29-9-5-6-10-29)45-39(51)34-25-36(31-15-14-28(2)24-33(31)44-34)56-27-37(49)48-18-8-13-35(48)40(52)43-30-11-7-12-30/h14-15,24-25,29-30,32,35H,3-13,16-23,26-27H2,1-2H3,(H,43,52)(H,45,51). The van der Waals surface area contributed by atoms with Crippen LogP contribution >= 0.6 is 0 Å². The lowest BCUT2D eigenvalue weighted by Gasteiger charge is -2.36. The first kappa shape index (κ1) is 41.7. The van der Waals surface area contributed by atoms with E-state index in [1.807, 2.05) is 26.0 Å². The summed E-state index contributed by atoms with van der Waals surface area (Å²) in [6, 6.07) is 5.49. The van der Waals surface area contributed by atoms with Crippen LogP contribution in [0, 0.1) is 12.8 Å². The number of likely N-dealkylation sites (tertiary alicyclic amines) is 1. The Labute approximate surface area is 334 Å². The number of aromatic nitrogens is 1. The van der Waals surface area contributed by atoms with Crippen LogP contribution in [0.15, 0.2) is 24.3 Å². The smallest absolute Gasteiger partial charge is 0.409 e. The molecule has 2 aromatic rings. The fraction of sp³-hybridized carbons (Fsp3) is 0.643. The molecule has 310 valence electrons. The summed E-state index contributed by atoms with van der Waals surface area (Å²) in [6.45, 7) is 5.72. The molecule has 15 nitrogen and oxygen atoms in total. The molecular weight excluding hydrogens is 732 g/mol. The van der Waals surface area contributed by atoms with E-state index >= 15 is 0 Å². The number of ether oxygens (including phenoxy) is 3. The summed E-state index contributed by atoms with van der Waals surface area (Å²) in [7, 11) is 0. The predicted molar refractivity (Wildman–Crippen MR) is 210 cm³/mol. The molecule has 2 N–H and O–H groups in total. The average molecular weight is 791 g/mol. The molecule has 5 amide bonds. The van der Waals surface area contributed by atoms with E-state index in [2.05, 4.69) is 15.6 Å². The normalized spacial score (nSPS) is 19.2. The molecule has 2 atom stereocenters. The van der Waals surface area contributed by atoms with Gasteiger partial charge in [0, 0.05) is 56.6 Å². The summed E-state index contributed by atoms with van der Waals surface area (Å²) >= 11 is 0. The number of carbonyl (C=O) groups excluding carboxylic acids is 6. The zero-order valence-electron chi connectivity index (χ0n) is 33.4. The third kappa shape index (κ3) is 11.1. The van der Waals surface area contributed by atoms with Gasteiger partial charge in [-0.25, -0.2) is 9.78 Å². The van der Waals surface area contributed by atoms with Crippen LogP contribution in [0.1, 0.15) is 106 Å². The van der Waals surface area contributed by atoms with Crippen LogP contribution in [0.4, 0.5) is 4.79 Å². The fourth-order valence-electron chi connectivity index (χ4n) is 7.89. The highest BCUT2D eigenvalue weighted by Gasteiger charge is 2.36. The quantitative estimate of drug-likeness (QED) is 0.185. The van der Waals surface area contributed by atoms with Gasteiger partial charge in [-0.15, -0.1) is 0 Å². The van der Waals surface area contributed by atoms with Crippen molar-refractivity contribution >= 4 is 46.6 Å². The molecule has 0 spiro atoms. The van der Waals surface area contributed by atoms with Crippen molar-refractivity contribution in [3.05, 3.63) is 35.5 Å². The summed E-state index contributed by atoms with van der Waals surface area (Å²) < 4.78 is 17.0. The molecule has 0 bridgehead atoms. The van der Waals surface area contributed by atoms with Crippen molar-refractivity contribution in [1.82, 2.24) is 30.3 Å². The van der Waals surface area contributed by atoms with Gasteiger partial charge in [-0.2, -0.15) is 0 Å². The molecule has 2 saturated heterocycles. The number of nitrogens with one attached hydrogen (secondary N) is 2. The Morgan fingerprint density at radius 1 is 0.877 bits per heavy atom. The van der Waals surface area contributed by atoms with Gasteiger partial charge < -0.3 is 39.5 Å². The monoisotopic (exact) mass is 790 g/mol. The molecule has 15 heteroatoms. The number of carbonyl (C=O) groups is 6. The second-order valence-electron chi connectivity index (χ2n) is 15.9. The van der Waals surface area contributed by atoms with E-state index in [-0.39, 0.29) is 80.8 Å². The summed E-state index contributed by atoms with van der Waals surface area (Å²) in [5.74, 6) is -1.33. The molecule has 4 aliphatic rings. The lowest BCUT2D eigenvalue weighted by atomic mass is 9.93. The lowest BCUT2D eigenvalue weighted by Crippen LogP contribution is -2.56. The zero-order chi connectivity index (χ0) is 40.3. The van der Waals surface area contributed by atoms with Crippen molar-refractivity contribution in [3.8, 4) is 5.75 Å². The molecule has 3 heterocycles. The van der Waals surface area contributed by atoms with E-state index in [0.717, 1.165) is 69.8 Å². The van der Waals surface area contributed by atoms with Gasteiger partial charge in [-0.1, -0.05) is 32.3 Å². The number of rotatable bonds is 16. The van der Waals surface area contributed by atoms with Crippen molar-refractivity contribution in [2.24, 2.45) is 5.92 Å². The summed E-state index contributed by atoms with van der Waals surface area (Å²) in [6.07, 6.45) is 9.78. The molecule has 1 aromatic carbocycles. The van der Waals surface area contributed by atoms with E-state index in [1.165, 1.54) is 6.07 Å². The van der Waals surface area contributed by atoms with E-state index in [0.29, 0.717) is 43.0 Å². The summed E-state index contributed by atoms with van der Waals surface area (Å²) in [5, 5.41) is 6.48. The first-order chi connectivity index (χ1) is 27.6. The molecule has 0 radical (unpaired) electrons.